The lowest BCUT2D eigenvalue weighted by molar-refractivity contribution is 0.621. The number of hydrogen-bond acceptors (Lipinski definition) is 2. The molecule has 0 aliphatic rings. The number of nitrogens with zero attached hydrogens (tertiary/aromatic N) is 1. The fourth-order valence-electron chi connectivity index (χ4n) is 1.69. The van der Waals surface area contributed by atoms with Gasteiger partial charge in [-0.05, 0) is 46.6 Å². The molecule has 0 amide bonds. The van der Waals surface area contributed by atoms with Crippen molar-refractivity contribution in [3.8, 4) is 17.2 Å². The van der Waals surface area contributed by atoms with Crippen molar-refractivity contribution in [2.75, 3.05) is 0 Å². The van der Waals surface area contributed by atoms with Gasteiger partial charge in [-0.2, -0.15) is 5.26 Å². The molecule has 2 rings (SSSR count). The zero-order valence-electron chi connectivity index (χ0n) is 9.42. The van der Waals surface area contributed by atoms with E-state index in [1.165, 1.54) is 12.1 Å². The van der Waals surface area contributed by atoms with Gasteiger partial charge in [-0.25, -0.2) is 4.39 Å². The summed E-state index contributed by atoms with van der Waals surface area (Å²) in [4.78, 5) is 14.2. The van der Waals surface area contributed by atoms with Gasteiger partial charge in [-0.1, -0.05) is 6.07 Å². The molecule has 2 aromatic rings. The van der Waals surface area contributed by atoms with E-state index in [0.717, 1.165) is 0 Å². The summed E-state index contributed by atoms with van der Waals surface area (Å²) in [5.41, 5.74) is 1.36. The summed E-state index contributed by atoms with van der Waals surface area (Å²) in [6, 6.07) is 7.94. The monoisotopic (exact) mass is 306 g/mol. The number of nitriles is 1. The Morgan fingerprint density at radius 1 is 1.39 bits per heavy atom. The molecule has 3 nitrogen and oxygen atoms in total. The summed E-state index contributed by atoms with van der Waals surface area (Å²) >= 11 is 3.08. The van der Waals surface area contributed by atoms with Gasteiger partial charge in [0.25, 0.3) is 5.56 Å². The molecule has 1 aromatic heterocycles. The molecule has 90 valence electrons. The molecule has 0 aliphatic carbocycles. The Hall–Kier alpha value is -1.93. The van der Waals surface area contributed by atoms with E-state index in [1.807, 2.05) is 6.07 Å². The number of H-pyrrole nitrogens is 1. The number of aromatic nitrogens is 1. The van der Waals surface area contributed by atoms with Crippen LogP contribution in [-0.4, -0.2) is 4.98 Å². The quantitative estimate of drug-likeness (QED) is 0.880. The first-order valence-electron chi connectivity index (χ1n) is 5.12. The molecule has 1 N–H and O–H groups in total. The van der Waals surface area contributed by atoms with Crippen molar-refractivity contribution in [1.82, 2.24) is 4.98 Å². The number of halogens is 2. The fourth-order valence-corrected chi connectivity index (χ4v) is 2.07. The van der Waals surface area contributed by atoms with Crippen LogP contribution in [0.4, 0.5) is 4.39 Å². The SMILES string of the molecule is Cc1cc(-c2ccc(F)c(Br)c2)c(C#N)c(=O)[nH]1. The smallest absolute Gasteiger partial charge is 0.266 e. The summed E-state index contributed by atoms with van der Waals surface area (Å²) < 4.78 is 13.5. The fraction of sp³-hybridized carbons (Fsp3) is 0.0769. The Morgan fingerprint density at radius 3 is 2.72 bits per heavy atom. The largest absolute Gasteiger partial charge is 0.325 e. The van der Waals surface area contributed by atoms with Crippen molar-refractivity contribution in [3.63, 3.8) is 0 Å². The molecule has 1 aromatic carbocycles. The second-order valence-electron chi connectivity index (χ2n) is 3.81. The van der Waals surface area contributed by atoms with E-state index in [-0.39, 0.29) is 11.4 Å². The Balaban J connectivity index is 2.75. The maximum absolute atomic E-state index is 13.2. The van der Waals surface area contributed by atoms with Crippen LogP contribution in [-0.2, 0) is 0 Å². The number of nitrogens with one attached hydrogen (secondary N) is 1. The minimum atomic E-state index is -0.437. The predicted molar refractivity (Wildman–Crippen MR) is 69.6 cm³/mol. The van der Waals surface area contributed by atoms with Gasteiger partial charge < -0.3 is 4.98 Å². The maximum atomic E-state index is 13.2. The number of hydrogen-bond donors (Lipinski definition) is 1. The molecule has 0 spiro atoms. The zero-order chi connectivity index (χ0) is 13.3. The Labute approximate surface area is 111 Å². The zero-order valence-corrected chi connectivity index (χ0v) is 11.0. The number of rotatable bonds is 1. The highest BCUT2D eigenvalue weighted by atomic mass is 79.9. The molecule has 0 atom stereocenters. The maximum Gasteiger partial charge on any atom is 0.266 e. The van der Waals surface area contributed by atoms with Crippen LogP contribution in [0.3, 0.4) is 0 Å². The van der Waals surface area contributed by atoms with Crippen molar-refractivity contribution >= 4 is 15.9 Å². The Kier molecular flexibility index (Phi) is 3.30. The van der Waals surface area contributed by atoms with Crippen LogP contribution in [0.1, 0.15) is 11.3 Å². The summed E-state index contributed by atoms with van der Waals surface area (Å²) in [6.07, 6.45) is 0. The van der Waals surface area contributed by atoms with Crippen LogP contribution >= 0.6 is 15.9 Å². The minimum absolute atomic E-state index is 0.0270. The topological polar surface area (TPSA) is 56.6 Å². The molecule has 0 unspecified atom stereocenters. The van der Waals surface area contributed by atoms with Crippen LogP contribution in [0.5, 0.6) is 0 Å². The van der Waals surface area contributed by atoms with Crippen molar-refractivity contribution in [3.05, 3.63) is 56.2 Å². The molecule has 1 heterocycles. The average Bonchev–Trinajstić information content (AvgIpc) is 2.32. The minimum Gasteiger partial charge on any atom is -0.325 e. The second kappa shape index (κ2) is 4.75. The summed E-state index contributed by atoms with van der Waals surface area (Å²) in [6.45, 7) is 1.73. The summed E-state index contributed by atoms with van der Waals surface area (Å²) in [7, 11) is 0. The van der Waals surface area contributed by atoms with Crippen molar-refractivity contribution in [2.45, 2.75) is 6.92 Å². The molecular weight excluding hydrogens is 299 g/mol. The Morgan fingerprint density at radius 2 is 2.11 bits per heavy atom. The van der Waals surface area contributed by atoms with Gasteiger partial charge in [0.05, 0.1) is 4.47 Å². The van der Waals surface area contributed by atoms with E-state index in [0.29, 0.717) is 21.3 Å². The molecule has 0 fully saturated rings. The van der Waals surface area contributed by atoms with Crippen molar-refractivity contribution < 1.29 is 4.39 Å². The third-order valence-corrected chi connectivity index (χ3v) is 3.12. The number of aryl methyl sites for hydroxylation is 1. The van der Waals surface area contributed by atoms with Crippen LogP contribution in [0, 0.1) is 24.1 Å². The van der Waals surface area contributed by atoms with E-state index in [4.69, 9.17) is 5.26 Å². The van der Waals surface area contributed by atoms with Crippen LogP contribution in [0.15, 0.2) is 33.5 Å². The molecule has 0 radical (unpaired) electrons. The van der Waals surface area contributed by atoms with Gasteiger partial charge in [0.15, 0.2) is 0 Å². The molecule has 18 heavy (non-hydrogen) atoms. The average molecular weight is 307 g/mol. The van der Waals surface area contributed by atoms with E-state index < -0.39 is 5.56 Å². The van der Waals surface area contributed by atoms with Gasteiger partial charge in [0.2, 0.25) is 0 Å². The third kappa shape index (κ3) is 2.20. The van der Waals surface area contributed by atoms with Crippen LogP contribution < -0.4 is 5.56 Å². The van der Waals surface area contributed by atoms with E-state index in [2.05, 4.69) is 20.9 Å². The van der Waals surface area contributed by atoms with E-state index in [9.17, 15) is 9.18 Å². The van der Waals surface area contributed by atoms with Crippen LogP contribution in [0.2, 0.25) is 0 Å². The highest BCUT2D eigenvalue weighted by Gasteiger charge is 2.11. The lowest BCUT2D eigenvalue weighted by Crippen LogP contribution is -2.12. The Bertz CT molecular complexity index is 716. The molecule has 0 saturated heterocycles. The lowest BCUT2D eigenvalue weighted by Gasteiger charge is -2.06. The highest BCUT2D eigenvalue weighted by Crippen LogP contribution is 2.26. The van der Waals surface area contributed by atoms with Crippen molar-refractivity contribution in [2.24, 2.45) is 0 Å². The number of aromatic amines is 1. The van der Waals surface area contributed by atoms with E-state index >= 15 is 0 Å². The first-order valence-corrected chi connectivity index (χ1v) is 5.91. The molecule has 0 aliphatic heterocycles. The molecule has 0 saturated carbocycles. The van der Waals surface area contributed by atoms with Crippen molar-refractivity contribution in [1.29, 1.82) is 5.26 Å². The van der Waals surface area contributed by atoms with E-state index in [1.54, 1.807) is 19.1 Å². The van der Waals surface area contributed by atoms with Gasteiger partial charge in [0.1, 0.15) is 17.4 Å². The molecule has 0 bridgehead atoms. The normalized spacial score (nSPS) is 10.1. The predicted octanol–water partition coefficient (Wildman–Crippen LogP) is 3.12. The molecular formula is C13H8BrFN2O. The first-order chi connectivity index (χ1) is 8.52. The highest BCUT2D eigenvalue weighted by molar-refractivity contribution is 9.10. The van der Waals surface area contributed by atoms with Crippen LogP contribution in [0.25, 0.3) is 11.1 Å². The third-order valence-electron chi connectivity index (χ3n) is 2.51. The summed E-state index contributed by atoms with van der Waals surface area (Å²) in [5.74, 6) is -0.390. The second-order valence-corrected chi connectivity index (χ2v) is 4.67. The number of benzene rings is 1. The van der Waals surface area contributed by atoms with Gasteiger partial charge in [-0.3, -0.25) is 4.79 Å². The van der Waals surface area contributed by atoms with Gasteiger partial charge in [-0.15, -0.1) is 0 Å². The molecule has 5 heteroatoms. The number of pyridine rings is 1. The standard InChI is InChI=1S/C13H8BrFN2O/c1-7-4-9(10(6-16)13(18)17-7)8-2-3-12(15)11(14)5-8/h2-5H,1H3,(H,17,18). The first kappa shape index (κ1) is 12.5. The lowest BCUT2D eigenvalue weighted by atomic mass is 10.0. The van der Waals surface area contributed by atoms with Gasteiger partial charge >= 0.3 is 0 Å². The summed E-state index contributed by atoms with van der Waals surface area (Å²) in [5, 5.41) is 9.02. The van der Waals surface area contributed by atoms with Gasteiger partial charge in [0, 0.05) is 11.3 Å².